The fourth-order valence-corrected chi connectivity index (χ4v) is 2.71. The van der Waals surface area contributed by atoms with Gasteiger partial charge in [-0.1, -0.05) is 0 Å². The van der Waals surface area contributed by atoms with E-state index in [1.165, 1.54) is 41.6 Å². The Hall–Kier alpha value is -3.10. The molecule has 1 atom stereocenters. The predicted octanol–water partition coefficient (Wildman–Crippen LogP) is 1.87. The summed E-state index contributed by atoms with van der Waals surface area (Å²) in [6.45, 7) is 0.282. The van der Waals surface area contributed by atoms with Crippen molar-refractivity contribution in [3.05, 3.63) is 65.1 Å². The van der Waals surface area contributed by atoms with Gasteiger partial charge in [-0.25, -0.2) is 0 Å². The van der Waals surface area contributed by atoms with Gasteiger partial charge in [-0.15, -0.1) is 0 Å². The van der Waals surface area contributed by atoms with Crippen LogP contribution in [0.5, 0.6) is 0 Å². The predicted molar refractivity (Wildman–Crippen MR) is 85.1 cm³/mol. The van der Waals surface area contributed by atoms with E-state index in [-0.39, 0.29) is 12.1 Å². The van der Waals surface area contributed by atoms with Crippen molar-refractivity contribution in [1.29, 1.82) is 0 Å². The summed E-state index contributed by atoms with van der Waals surface area (Å²) in [4.78, 5) is 25.9. The van der Waals surface area contributed by atoms with Crippen LogP contribution in [0.2, 0.25) is 0 Å². The summed E-state index contributed by atoms with van der Waals surface area (Å²) in [5.74, 6) is -0.897. The molecular weight excluding hydrogens is 351 g/mol. The lowest BCUT2D eigenvalue weighted by Crippen LogP contribution is -2.41. The molecule has 0 radical (unpaired) electrons. The van der Waals surface area contributed by atoms with Crippen LogP contribution in [0.3, 0.4) is 0 Å². The number of carbonyl (C=O) groups is 2. The summed E-state index contributed by atoms with van der Waals surface area (Å²) < 4.78 is 38.4. The molecule has 0 saturated carbocycles. The molecule has 3 rings (SSSR count). The average molecular weight is 365 g/mol. The van der Waals surface area contributed by atoms with Gasteiger partial charge in [0, 0.05) is 24.4 Å². The van der Waals surface area contributed by atoms with Crippen molar-refractivity contribution in [2.75, 3.05) is 11.4 Å². The first kappa shape index (κ1) is 17.7. The Morgan fingerprint density at radius 1 is 1.15 bits per heavy atom. The van der Waals surface area contributed by atoms with Gasteiger partial charge in [0.05, 0.1) is 11.1 Å². The zero-order valence-corrected chi connectivity index (χ0v) is 13.4. The van der Waals surface area contributed by atoms with Gasteiger partial charge in [-0.2, -0.15) is 17.9 Å². The van der Waals surface area contributed by atoms with Crippen molar-refractivity contribution < 1.29 is 27.5 Å². The Morgan fingerprint density at radius 2 is 1.77 bits per heavy atom. The number of nitrogens with zero attached hydrogens (tertiary/aromatic N) is 2. The molecule has 26 heavy (non-hydrogen) atoms. The number of amides is 2. The van der Waals surface area contributed by atoms with Gasteiger partial charge in [0.15, 0.2) is 12.4 Å². The first-order valence-corrected chi connectivity index (χ1v) is 7.74. The zero-order chi connectivity index (χ0) is 18.9. The second-order valence-electron chi connectivity index (χ2n) is 5.80. The van der Waals surface area contributed by atoms with Crippen LogP contribution in [0.15, 0.2) is 48.8 Å². The maximum Gasteiger partial charge on any atom is 0.416 e. The second-order valence-corrected chi connectivity index (χ2v) is 5.80. The topological polar surface area (TPSA) is 76.4 Å². The molecule has 6 nitrogen and oxygen atoms in total. The second kappa shape index (κ2) is 6.66. The van der Waals surface area contributed by atoms with E-state index in [9.17, 15) is 28.0 Å². The third kappa shape index (κ3) is 3.61. The highest BCUT2D eigenvalue weighted by molar-refractivity contribution is 6.03. The molecule has 0 unspecified atom stereocenters. The fourth-order valence-electron chi connectivity index (χ4n) is 2.71. The Morgan fingerprint density at radius 3 is 2.35 bits per heavy atom. The number of nitrogens with one attached hydrogen (secondary N) is 1. The lowest BCUT2D eigenvalue weighted by atomic mass is 10.2. The molecule has 0 bridgehead atoms. The Balaban J connectivity index is 1.68. The molecule has 9 heteroatoms. The minimum atomic E-state index is -4.44. The Labute approximate surface area is 146 Å². The summed E-state index contributed by atoms with van der Waals surface area (Å²) in [5, 5.41) is 13.6. The van der Waals surface area contributed by atoms with Crippen molar-refractivity contribution in [2.24, 2.45) is 0 Å². The van der Waals surface area contributed by atoms with E-state index < -0.39 is 29.6 Å². The summed E-state index contributed by atoms with van der Waals surface area (Å²) in [6.07, 6.45) is -1.78. The molecule has 1 aliphatic heterocycles. The molecule has 1 aliphatic rings. The Bertz CT molecular complexity index is 820. The van der Waals surface area contributed by atoms with Crippen molar-refractivity contribution in [3.63, 3.8) is 0 Å². The normalized spacial score (nSPS) is 17.4. The van der Waals surface area contributed by atoms with Gasteiger partial charge in [0.1, 0.15) is 6.04 Å². The highest BCUT2D eigenvalue weighted by Gasteiger charge is 2.35. The number of benzene rings is 1. The first-order chi connectivity index (χ1) is 12.3. The summed E-state index contributed by atoms with van der Waals surface area (Å²) in [5.41, 5.74) is -0.220. The number of carbonyl (C=O) groups excluding carboxylic acids is 2. The quantitative estimate of drug-likeness (QED) is 0.667. The number of anilines is 1. The first-order valence-electron chi connectivity index (χ1n) is 7.74. The fraction of sp³-hybridized carbons (Fsp3) is 0.235. The van der Waals surface area contributed by atoms with E-state index in [0.29, 0.717) is 16.8 Å². The molecule has 1 fully saturated rings. The standard InChI is InChI=1S/C17H14F3N3O3/c18-17(19,20)12-1-3-13(4-2-12)23-10-7-14(16(23)25)21-15(24)11-5-8-22(26)9-6-11/h1-6,8-9,14H,7,10H2,(H,21,24)/t14-/m0/s1. The minimum Gasteiger partial charge on any atom is -0.619 e. The van der Waals surface area contributed by atoms with Crippen LogP contribution in [0.25, 0.3) is 0 Å². The van der Waals surface area contributed by atoms with Crippen LogP contribution in [0.4, 0.5) is 18.9 Å². The van der Waals surface area contributed by atoms with E-state index in [1.807, 2.05) is 0 Å². The van der Waals surface area contributed by atoms with Crippen LogP contribution in [0, 0.1) is 5.21 Å². The molecule has 1 aromatic heterocycles. The number of rotatable bonds is 3. The van der Waals surface area contributed by atoms with Crippen LogP contribution in [-0.2, 0) is 11.0 Å². The maximum absolute atomic E-state index is 12.6. The molecular formula is C17H14F3N3O3. The number of hydrogen-bond acceptors (Lipinski definition) is 3. The highest BCUT2D eigenvalue weighted by atomic mass is 19.4. The number of pyridine rings is 1. The number of aromatic nitrogens is 1. The van der Waals surface area contributed by atoms with Gasteiger partial charge in [-0.05, 0) is 30.7 Å². The lowest BCUT2D eigenvalue weighted by Gasteiger charge is -2.18. The van der Waals surface area contributed by atoms with E-state index in [4.69, 9.17) is 0 Å². The van der Waals surface area contributed by atoms with Crippen LogP contribution < -0.4 is 14.9 Å². The third-order valence-electron chi connectivity index (χ3n) is 4.08. The Kier molecular flexibility index (Phi) is 4.54. The molecule has 2 aromatic rings. The largest absolute Gasteiger partial charge is 0.619 e. The van der Waals surface area contributed by atoms with Gasteiger partial charge < -0.3 is 15.4 Å². The lowest BCUT2D eigenvalue weighted by molar-refractivity contribution is -0.605. The van der Waals surface area contributed by atoms with Crippen molar-refractivity contribution in [2.45, 2.75) is 18.6 Å². The van der Waals surface area contributed by atoms with Crippen molar-refractivity contribution in [1.82, 2.24) is 5.32 Å². The van der Waals surface area contributed by atoms with Gasteiger partial charge >= 0.3 is 6.18 Å². The molecule has 2 amide bonds. The van der Waals surface area contributed by atoms with E-state index in [0.717, 1.165) is 12.1 Å². The summed E-state index contributed by atoms with van der Waals surface area (Å²) in [7, 11) is 0. The summed E-state index contributed by atoms with van der Waals surface area (Å²) in [6, 6.07) is 6.17. The van der Waals surface area contributed by atoms with E-state index in [1.54, 1.807) is 0 Å². The third-order valence-corrected chi connectivity index (χ3v) is 4.08. The zero-order valence-electron chi connectivity index (χ0n) is 13.4. The van der Waals surface area contributed by atoms with Gasteiger partial charge in [0.2, 0.25) is 5.91 Å². The van der Waals surface area contributed by atoms with Crippen molar-refractivity contribution in [3.8, 4) is 0 Å². The molecule has 0 aliphatic carbocycles. The monoisotopic (exact) mass is 365 g/mol. The molecule has 136 valence electrons. The SMILES string of the molecule is O=C(N[C@H]1CCN(c2ccc(C(F)(F)F)cc2)C1=O)c1cc[n+]([O-])cc1. The molecule has 0 spiro atoms. The smallest absolute Gasteiger partial charge is 0.416 e. The molecule has 2 heterocycles. The van der Waals surface area contributed by atoms with Crippen LogP contribution in [-0.4, -0.2) is 24.4 Å². The molecule has 1 saturated heterocycles. The summed E-state index contributed by atoms with van der Waals surface area (Å²) >= 11 is 0. The van der Waals surface area contributed by atoms with Crippen molar-refractivity contribution >= 4 is 17.5 Å². The average Bonchev–Trinajstić information content (AvgIpc) is 2.95. The molecule has 1 N–H and O–H groups in total. The van der Waals surface area contributed by atoms with Crippen LogP contribution in [0.1, 0.15) is 22.3 Å². The number of alkyl halides is 3. The van der Waals surface area contributed by atoms with Gasteiger partial charge in [0.25, 0.3) is 5.91 Å². The number of hydrogen-bond donors (Lipinski definition) is 1. The minimum absolute atomic E-state index is 0.234. The molecule has 1 aromatic carbocycles. The highest BCUT2D eigenvalue weighted by Crippen LogP contribution is 2.31. The number of halogens is 3. The van der Waals surface area contributed by atoms with E-state index >= 15 is 0 Å². The maximum atomic E-state index is 12.6. The van der Waals surface area contributed by atoms with Crippen LogP contribution >= 0.6 is 0 Å². The van der Waals surface area contributed by atoms with E-state index in [2.05, 4.69) is 5.32 Å². The van der Waals surface area contributed by atoms with Gasteiger partial charge in [-0.3, -0.25) is 9.59 Å².